The third-order valence-corrected chi connectivity index (χ3v) is 9.19. The highest BCUT2D eigenvalue weighted by Crippen LogP contribution is 2.44. The first-order valence-corrected chi connectivity index (χ1v) is 12.2. The van der Waals surface area contributed by atoms with Gasteiger partial charge in [0.1, 0.15) is 5.75 Å². The van der Waals surface area contributed by atoms with Gasteiger partial charge in [-0.3, -0.25) is 14.9 Å². The van der Waals surface area contributed by atoms with E-state index >= 15 is 0 Å². The van der Waals surface area contributed by atoms with E-state index in [9.17, 15) is 23.2 Å². The molecule has 2 atom stereocenters. The van der Waals surface area contributed by atoms with Gasteiger partial charge in [-0.2, -0.15) is 5.23 Å². The quantitative estimate of drug-likeness (QED) is 0.305. The number of aryl methyl sites for hydroxylation is 1. The Morgan fingerprint density at radius 3 is 2.45 bits per heavy atom. The molecule has 2 unspecified atom stereocenters. The molecule has 2 amide bonds. The molecule has 0 saturated carbocycles. The Hall–Kier alpha value is -2.88. The summed E-state index contributed by atoms with van der Waals surface area (Å²) in [5, 5.41) is 20.4. The Kier molecular flexibility index (Phi) is 7.46. The van der Waals surface area contributed by atoms with Crippen LogP contribution in [0.1, 0.15) is 30.4 Å². The number of benzene rings is 2. The normalized spacial score (nSPS) is 18.9. The average Bonchev–Trinajstić information content (AvgIpc) is 3.08. The highest BCUT2D eigenvalue weighted by atomic mass is 32.3. The van der Waals surface area contributed by atoms with Crippen molar-refractivity contribution in [2.45, 2.75) is 35.2 Å². The number of thioether (sulfide) groups is 1. The van der Waals surface area contributed by atoms with Gasteiger partial charge in [-0.1, -0.05) is 11.8 Å². The summed E-state index contributed by atoms with van der Waals surface area (Å²) in [7, 11) is -2.74. The Morgan fingerprint density at radius 1 is 1.21 bits per heavy atom. The molecule has 3 N–H and O–H groups in total. The minimum absolute atomic E-state index is 0.0825. The lowest BCUT2D eigenvalue weighted by Crippen LogP contribution is -2.99. The third-order valence-electron chi connectivity index (χ3n) is 5.13. The number of nitrogens with one attached hydrogen (secondary N) is 2. The number of sulfone groups is 1. The van der Waals surface area contributed by atoms with Crippen molar-refractivity contribution in [3.8, 4) is 17.6 Å². The van der Waals surface area contributed by atoms with Gasteiger partial charge in [0.2, 0.25) is 13.9 Å². The number of imide groups is 1. The molecule has 9 nitrogen and oxygen atoms in total. The fourth-order valence-corrected chi connectivity index (χ4v) is 6.71. The van der Waals surface area contributed by atoms with Gasteiger partial charge in [0, 0.05) is 24.1 Å². The van der Waals surface area contributed by atoms with Crippen LogP contribution in [0.25, 0.3) is 0 Å². The van der Waals surface area contributed by atoms with Crippen molar-refractivity contribution in [1.82, 2.24) is 5.32 Å². The largest absolute Gasteiger partial charge is 0.595 e. The number of carbonyl (C=O) groups excluding carboxylic acids is 2. The predicted molar refractivity (Wildman–Crippen MR) is 122 cm³/mol. The van der Waals surface area contributed by atoms with Crippen molar-refractivity contribution in [2.24, 2.45) is 0 Å². The molecule has 1 heterocycles. The average molecular weight is 491 g/mol. The second-order valence-electron chi connectivity index (χ2n) is 7.27. The van der Waals surface area contributed by atoms with Gasteiger partial charge >= 0.3 is 0 Å². The van der Waals surface area contributed by atoms with Crippen LogP contribution in [0.3, 0.4) is 0 Å². The van der Waals surface area contributed by atoms with Gasteiger partial charge < -0.3 is 9.94 Å². The molecular formula is C22H22N2O7S2. The fraction of sp³-hybridized carbons (Fsp3) is 0.273. The van der Waals surface area contributed by atoms with Crippen LogP contribution in [0.15, 0.2) is 47.4 Å². The van der Waals surface area contributed by atoms with Gasteiger partial charge in [0.05, 0.1) is 12.0 Å². The molecule has 33 heavy (non-hydrogen) atoms. The maximum atomic E-state index is 13.4. The molecule has 11 heteroatoms. The highest BCUT2D eigenvalue weighted by molar-refractivity contribution is 8.25. The summed E-state index contributed by atoms with van der Waals surface area (Å²) < 4.78 is 29.8. The molecule has 1 fully saturated rings. The number of unbranched alkanes of at least 4 members (excludes halogenated alkanes) is 1. The minimum atomic E-state index is -4.20. The van der Waals surface area contributed by atoms with Gasteiger partial charge in [0.25, 0.3) is 11.1 Å². The van der Waals surface area contributed by atoms with Crippen molar-refractivity contribution in [3.05, 3.63) is 58.8 Å². The molecule has 0 bridgehead atoms. The SMILES string of the molecule is COc1ccc(S(=O)(=O)C2(CCCC#Cc3ccc([NH+]([O-])O)cc3C)SC(=O)NC2=O)cc1. The zero-order valence-electron chi connectivity index (χ0n) is 17.9. The lowest BCUT2D eigenvalue weighted by atomic mass is 10.1. The van der Waals surface area contributed by atoms with Crippen molar-refractivity contribution >= 4 is 38.4 Å². The predicted octanol–water partition coefficient (Wildman–Crippen LogP) is 2.08. The lowest BCUT2D eigenvalue weighted by Gasteiger charge is -2.24. The smallest absolute Gasteiger partial charge is 0.287 e. The monoisotopic (exact) mass is 490 g/mol. The number of ether oxygens (including phenoxy) is 1. The fourth-order valence-electron chi connectivity index (χ4n) is 3.33. The molecule has 0 radical (unpaired) electrons. The van der Waals surface area contributed by atoms with Crippen molar-refractivity contribution in [2.75, 3.05) is 7.11 Å². The summed E-state index contributed by atoms with van der Waals surface area (Å²) >= 11 is 0.471. The second kappa shape index (κ2) is 9.94. The van der Waals surface area contributed by atoms with E-state index in [1.165, 1.54) is 43.5 Å². The maximum Gasteiger partial charge on any atom is 0.287 e. The number of rotatable bonds is 7. The number of hydrogen-bond donors (Lipinski definition) is 3. The van der Waals surface area contributed by atoms with Crippen LogP contribution >= 0.6 is 11.8 Å². The Morgan fingerprint density at radius 2 is 1.91 bits per heavy atom. The molecule has 2 aromatic rings. The number of amides is 2. The van der Waals surface area contributed by atoms with Gasteiger partial charge in [-0.25, -0.2) is 13.6 Å². The van der Waals surface area contributed by atoms with E-state index in [1.807, 2.05) is 0 Å². The van der Waals surface area contributed by atoms with Crippen molar-refractivity contribution in [1.29, 1.82) is 0 Å². The zero-order chi connectivity index (χ0) is 24.2. The molecule has 0 spiro atoms. The van der Waals surface area contributed by atoms with Gasteiger partial charge in [0.15, 0.2) is 5.69 Å². The first-order valence-electron chi connectivity index (χ1n) is 9.86. The maximum absolute atomic E-state index is 13.4. The zero-order valence-corrected chi connectivity index (χ0v) is 19.5. The summed E-state index contributed by atoms with van der Waals surface area (Å²) in [6, 6.07) is 10.2. The van der Waals surface area contributed by atoms with E-state index in [0.29, 0.717) is 28.6 Å². The summed E-state index contributed by atoms with van der Waals surface area (Å²) in [5.74, 6) is 5.47. The van der Waals surface area contributed by atoms with Crippen molar-refractivity contribution < 1.29 is 33.2 Å². The molecule has 1 aliphatic rings. The minimum Gasteiger partial charge on any atom is -0.595 e. The first-order chi connectivity index (χ1) is 15.6. The second-order valence-corrected chi connectivity index (χ2v) is 11.0. The highest BCUT2D eigenvalue weighted by Gasteiger charge is 2.57. The van der Waals surface area contributed by atoms with E-state index in [4.69, 9.17) is 9.94 Å². The van der Waals surface area contributed by atoms with E-state index in [0.717, 1.165) is 0 Å². The number of hydrogen-bond acceptors (Lipinski definition) is 8. The van der Waals surface area contributed by atoms with Crippen LogP contribution in [0, 0.1) is 24.0 Å². The third kappa shape index (κ3) is 5.05. The van der Waals surface area contributed by atoms with Crippen LogP contribution in [-0.2, 0) is 14.6 Å². The van der Waals surface area contributed by atoms with E-state index in [1.54, 1.807) is 13.0 Å². The van der Waals surface area contributed by atoms with E-state index in [-0.39, 0.29) is 29.8 Å². The van der Waals surface area contributed by atoms with Crippen LogP contribution in [0.2, 0.25) is 0 Å². The number of quaternary nitrogens is 1. The molecule has 2 aromatic carbocycles. The molecule has 174 valence electrons. The Bertz CT molecular complexity index is 1230. The van der Waals surface area contributed by atoms with Crippen LogP contribution in [0.4, 0.5) is 10.5 Å². The summed E-state index contributed by atoms with van der Waals surface area (Å²) in [6.45, 7) is 1.75. The summed E-state index contributed by atoms with van der Waals surface area (Å²) in [6.07, 6.45) is 0.430. The molecule has 0 aromatic heterocycles. The molecule has 3 rings (SSSR count). The van der Waals surface area contributed by atoms with E-state index < -0.39 is 30.3 Å². The summed E-state index contributed by atoms with van der Waals surface area (Å²) in [5.41, 5.74) is 1.53. The van der Waals surface area contributed by atoms with E-state index in [2.05, 4.69) is 17.2 Å². The molecular weight excluding hydrogens is 468 g/mol. The standard InChI is InChI=1S/C22H22N2O7S2/c1-15-14-17(24(27)28)8-7-16(15)6-4-3-5-13-22(20(25)23-21(26)32-22)33(29,30)19-11-9-18(31-2)10-12-19/h7-12,14,24,27H,3,5,13H2,1-2H3,(H,23,25,26). The topological polar surface area (TPSA) is 137 Å². The van der Waals surface area contributed by atoms with Crippen LogP contribution in [-0.4, -0.2) is 36.0 Å². The molecule has 1 saturated heterocycles. The first kappa shape index (κ1) is 24.8. The van der Waals surface area contributed by atoms with Crippen molar-refractivity contribution in [3.63, 3.8) is 0 Å². The van der Waals surface area contributed by atoms with Gasteiger partial charge in [-0.05, 0) is 67.4 Å². The molecule has 1 aliphatic heterocycles. The van der Waals surface area contributed by atoms with Crippen LogP contribution < -0.4 is 15.3 Å². The Labute approximate surface area is 195 Å². The van der Waals surface area contributed by atoms with Gasteiger partial charge in [-0.15, -0.1) is 0 Å². The van der Waals surface area contributed by atoms with Crippen LogP contribution in [0.5, 0.6) is 5.75 Å². The molecule has 0 aliphatic carbocycles. The summed E-state index contributed by atoms with van der Waals surface area (Å²) in [4.78, 5) is 24.5. The number of methoxy groups -OCH3 is 1. The lowest BCUT2D eigenvalue weighted by molar-refractivity contribution is -0.991. The Balaban J connectivity index is 1.78. The number of carbonyl (C=O) groups is 2.